The Bertz CT molecular complexity index is 1280. The van der Waals surface area contributed by atoms with Crippen molar-refractivity contribution in [2.45, 2.75) is 32.2 Å². The highest BCUT2D eigenvalue weighted by atomic mass is 79.9. The van der Waals surface area contributed by atoms with Crippen LogP contribution < -0.4 is 5.32 Å². The van der Waals surface area contributed by atoms with E-state index in [2.05, 4.69) is 54.3 Å². The zero-order valence-electron chi connectivity index (χ0n) is 19.1. The Hall–Kier alpha value is -3.21. The van der Waals surface area contributed by atoms with E-state index in [0.29, 0.717) is 12.5 Å². The van der Waals surface area contributed by atoms with Crippen LogP contribution in [0.2, 0.25) is 5.02 Å². The molecule has 1 aliphatic heterocycles. The maximum atomic E-state index is 9.30. The first-order chi connectivity index (χ1) is 17.1. The number of pyridine rings is 2. The lowest BCUT2D eigenvalue weighted by Gasteiger charge is -2.32. The number of nitriles is 1. The van der Waals surface area contributed by atoms with E-state index in [1.807, 2.05) is 30.6 Å². The topological polar surface area (TPSA) is 77.2 Å². The van der Waals surface area contributed by atoms with Crippen LogP contribution in [0.3, 0.4) is 0 Å². The summed E-state index contributed by atoms with van der Waals surface area (Å²) in [6, 6.07) is 12.3. The molecule has 1 saturated heterocycles. The molecule has 5 rings (SSSR count). The standard InChI is InChI=1S/C27H24BrClN6/c28-22-12-21-4-3-20-13-23(29)5-6-24(20)25(26(21)32-16-22)19-7-10-35(11-8-19)27(34-17-30)33-15-18-2-1-9-31-14-18/h1-2,5-6,9,12-14,16H,3-4,7-8,10-11,15H2,(H,33,34). The van der Waals surface area contributed by atoms with E-state index in [9.17, 15) is 5.26 Å². The Kier molecular flexibility index (Phi) is 7.12. The fourth-order valence-corrected chi connectivity index (χ4v) is 5.40. The van der Waals surface area contributed by atoms with Crippen molar-refractivity contribution in [3.05, 3.63) is 98.0 Å². The molecule has 2 aliphatic rings. The zero-order chi connectivity index (χ0) is 24.2. The lowest BCUT2D eigenvalue weighted by molar-refractivity contribution is 0.379. The van der Waals surface area contributed by atoms with Crippen molar-refractivity contribution in [3.8, 4) is 6.19 Å². The fraction of sp³-hybridized carbons (Fsp3) is 0.259. The van der Waals surface area contributed by atoms with Gasteiger partial charge in [-0.2, -0.15) is 5.26 Å². The van der Waals surface area contributed by atoms with Gasteiger partial charge >= 0.3 is 0 Å². The second kappa shape index (κ2) is 10.6. The molecule has 3 aromatic rings. The SMILES string of the molecule is N#CNC(=NCc1cccnc1)N1CCC(=C2c3ccc(Cl)cc3CCc3cc(Br)cnc32)CC1. The second-order valence-electron chi connectivity index (χ2n) is 8.67. The summed E-state index contributed by atoms with van der Waals surface area (Å²) in [5.41, 5.74) is 8.44. The summed E-state index contributed by atoms with van der Waals surface area (Å²) in [7, 11) is 0. The van der Waals surface area contributed by atoms with Gasteiger partial charge in [0.2, 0.25) is 5.96 Å². The van der Waals surface area contributed by atoms with Crippen LogP contribution in [0.25, 0.3) is 5.57 Å². The van der Waals surface area contributed by atoms with Gasteiger partial charge in [-0.25, -0.2) is 4.99 Å². The Labute approximate surface area is 218 Å². The third-order valence-corrected chi connectivity index (χ3v) is 7.16. The van der Waals surface area contributed by atoms with Crippen LogP contribution in [0, 0.1) is 11.5 Å². The molecule has 2 aromatic heterocycles. The van der Waals surface area contributed by atoms with Crippen molar-refractivity contribution in [1.29, 1.82) is 5.26 Å². The minimum absolute atomic E-state index is 0.475. The summed E-state index contributed by atoms with van der Waals surface area (Å²) >= 11 is 9.95. The summed E-state index contributed by atoms with van der Waals surface area (Å²) < 4.78 is 0.997. The van der Waals surface area contributed by atoms with Gasteiger partial charge in [0.25, 0.3) is 0 Å². The number of aryl methyl sites for hydroxylation is 2. The summed E-state index contributed by atoms with van der Waals surface area (Å²) in [5, 5.41) is 12.8. The number of piperidine rings is 1. The highest BCUT2D eigenvalue weighted by molar-refractivity contribution is 9.10. The maximum Gasteiger partial charge on any atom is 0.207 e. The summed E-state index contributed by atoms with van der Waals surface area (Å²) in [4.78, 5) is 15.8. The number of guanidine groups is 1. The van der Waals surface area contributed by atoms with Crippen LogP contribution in [-0.2, 0) is 19.4 Å². The average molecular weight is 548 g/mol. The smallest absolute Gasteiger partial charge is 0.207 e. The van der Waals surface area contributed by atoms with Crippen LogP contribution >= 0.6 is 27.5 Å². The molecule has 6 nitrogen and oxygen atoms in total. The molecule has 1 fully saturated rings. The van der Waals surface area contributed by atoms with Crippen LogP contribution in [0.4, 0.5) is 0 Å². The molecule has 3 heterocycles. The Balaban J connectivity index is 1.46. The van der Waals surface area contributed by atoms with E-state index >= 15 is 0 Å². The van der Waals surface area contributed by atoms with Crippen LogP contribution in [0.15, 0.2) is 70.0 Å². The molecule has 0 atom stereocenters. The van der Waals surface area contributed by atoms with Crippen molar-refractivity contribution in [3.63, 3.8) is 0 Å². The van der Waals surface area contributed by atoms with Crippen molar-refractivity contribution < 1.29 is 0 Å². The number of likely N-dealkylation sites (tertiary alicyclic amines) is 1. The molecule has 176 valence electrons. The molecule has 0 amide bonds. The number of hydrogen-bond donors (Lipinski definition) is 1. The van der Waals surface area contributed by atoms with Crippen molar-refractivity contribution >= 4 is 39.1 Å². The number of halogens is 2. The molecular formula is C27H24BrClN6. The van der Waals surface area contributed by atoms with E-state index in [4.69, 9.17) is 16.6 Å². The highest BCUT2D eigenvalue weighted by Crippen LogP contribution is 2.39. The number of aromatic nitrogens is 2. The molecule has 0 saturated carbocycles. The Morgan fingerprint density at radius 1 is 1.11 bits per heavy atom. The lowest BCUT2D eigenvalue weighted by atomic mass is 9.88. The zero-order valence-corrected chi connectivity index (χ0v) is 21.5. The van der Waals surface area contributed by atoms with Crippen LogP contribution in [0.5, 0.6) is 0 Å². The molecule has 0 unspecified atom stereocenters. The van der Waals surface area contributed by atoms with E-state index in [1.165, 1.54) is 27.8 Å². The number of benzene rings is 1. The van der Waals surface area contributed by atoms with Gasteiger partial charge in [-0.1, -0.05) is 29.3 Å². The third-order valence-electron chi connectivity index (χ3n) is 6.49. The second-order valence-corrected chi connectivity index (χ2v) is 10.0. The van der Waals surface area contributed by atoms with Crippen LogP contribution in [0.1, 0.15) is 40.8 Å². The number of fused-ring (bicyclic) bond motifs is 2. The van der Waals surface area contributed by atoms with Crippen LogP contribution in [-0.4, -0.2) is 33.9 Å². The van der Waals surface area contributed by atoms with E-state index in [-0.39, 0.29) is 0 Å². The first-order valence-electron chi connectivity index (χ1n) is 11.6. The number of nitrogens with zero attached hydrogens (tertiary/aromatic N) is 5. The van der Waals surface area contributed by atoms with Gasteiger partial charge in [0.15, 0.2) is 6.19 Å². The minimum Gasteiger partial charge on any atom is -0.342 e. The normalized spacial score (nSPS) is 15.7. The lowest BCUT2D eigenvalue weighted by Crippen LogP contribution is -2.43. The van der Waals surface area contributed by atoms with E-state index in [1.54, 1.807) is 12.4 Å². The van der Waals surface area contributed by atoms with Crippen molar-refractivity contribution in [2.24, 2.45) is 4.99 Å². The van der Waals surface area contributed by atoms with E-state index < -0.39 is 0 Å². The largest absolute Gasteiger partial charge is 0.342 e. The number of aliphatic imine (C=N–C) groups is 1. The summed E-state index contributed by atoms with van der Waals surface area (Å²) in [6.07, 6.45) is 11.1. The van der Waals surface area contributed by atoms with Gasteiger partial charge in [0, 0.05) is 46.7 Å². The number of nitrogens with one attached hydrogen (secondary N) is 1. The first kappa shape index (κ1) is 23.5. The predicted octanol–water partition coefficient (Wildman–Crippen LogP) is 5.52. The molecule has 1 aromatic carbocycles. The molecule has 0 bridgehead atoms. The average Bonchev–Trinajstić information content (AvgIpc) is 3.03. The van der Waals surface area contributed by atoms with Gasteiger partial charge in [0.1, 0.15) is 0 Å². The molecule has 35 heavy (non-hydrogen) atoms. The third kappa shape index (κ3) is 5.24. The van der Waals surface area contributed by atoms with Gasteiger partial charge in [-0.05, 0) is 88.1 Å². The molecule has 0 spiro atoms. The molecule has 0 radical (unpaired) electrons. The monoisotopic (exact) mass is 546 g/mol. The van der Waals surface area contributed by atoms with Gasteiger partial charge < -0.3 is 4.90 Å². The first-order valence-corrected chi connectivity index (χ1v) is 12.8. The number of hydrogen-bond acceptors (Lipinski definition) is 4. The quantitative estimate of drug-likeness (QED) is 0.198. The highest BCUT2D eigenvalue weighted by Gasteiger charge is 2.26. The molecule has 1 N–H and O–H groups in total. The summed E-state index contributed by atoms with van der Waals surface area (Å²) in [6.45, 7) is 2.02. The molecular weight excluding hydrogens is 524 g/mol. The maximum absolute atomic E-state index is 9.30. The predicted molar refractivity (Wildman–Crippen MR) is 142 cm³/mol. The van der Waals surface area contributed by atoms with E-state index in [0.717, 1.165) is 59.5 Å². The fourth-order valence-electron chi connectivity index (χ4n) is 4.83. The Morgan fingerprint density at radius 3 is 2.71 bits per heavy atom. The van der Waals surface area contributed by atoms with Gasteiger partial charge in [-0.15, -0.1) is 0 Å². The summed E-state index contributed by atoms with van der Waals surface area (Å²) in [5.74, 6) is 0.607. The molecule has 1 aliphatic carbocycles. The van der Waals surface area contributed by atoms with Crippen molar-refractivity contribution in [1.82, 2.24) is 20.2 Å². The minimum atomic E-state index is 0.475. The van der Waals surface area contributed by atoms with Gasteiger partial charge in [0.05, 0.1) is 12.2 Å². The molecule has 8 heteroatoms. The Morgan fingerprint density at radius 2 is 1.94 bits per heavy atom. The van der Waals surface area contributed by atoms with Crippen molar-refractivity contribution in [2.75, 3.05) is 13.1 Å². The number of rotatable bonds is 2. The van der Waals surface area contributed by atoms with Gasteiger partial charge in [-0.3, -0.25) is 15.3 Å².